The summed E-state index contributed by atoms with van der Waals surface area (Å²) in [6, 6.07) is 10.3. The van der Waals surface area contributed by atoms with Gasteiger partial charge in [-0.3, -0.25) is 14.6 Å². The number of hydrogen-bond acceptors (Lipinski definition) is 3. The molecule has 0 unspecified atom stereocenters. The van der Waals surface area contributed by atoms with Crippen LogP contribution < -0.4 is 5.32 Å². The number of piperazine rings is 1. The lowest BCUT2D eigenvalue weighted by molar-refractivity contribution is -0.122. The minimum atomic E-state index is 0.00961. The number of benzene rings is 1. The van der Waals surface area contributed by atoms with Crippen molar-refractivity contribution in [3.05, 3.63) is 42.0 Å². The van der Waals surface area contributed by atoms with Crippen LogP contribution in [0.25, 0.3) is 6.08 Å². The van der Waals surface area contributed by atoms with Crippen molar-refractivity contribution < 1.29 is 4.79 Å². The monoisotopic (exact) mass is 297 g/mol. The van der Waals surface area contributed by atoms with E-state index in [0.717, 1.165) is 32.7 Å². The first-order valence-corrected chi connectivity index (χ1v) is 7.64. The van der Waals surface area contributed by atoms with E-state index in [9.17, 15) is 4.79 Å². The fourth-order valence-electron chi connectivity index (χ4n) is 2.44. The van der Waals surface area contributed by atoms with Gasteiger partial charge in [0.05, 0.1) is 13.1 Å². The first-order valence-electron chi connectivity index (χ1n) is 7.64. The molecule has 1 aliphatic rings. The lowest BCUT2D eigenvalue weighted by atomic mass is 10.2. The zero-order chi connectivity index (χ0) is 15.6. The molecule has 22 heavy (non-hydrogen) atoms. The van der Waals surface area contributed by atoms with Gasteiger partial charge in [0.2, 0.25) is 5.91 Å². The number of amides is 1. The van der Waals surface area contributed by atoms with Crippen LogP contribution in [0.15, 0.2) is 36.4 Å². The van der Waals surface area contributed by atoms with Crippen molar-refractivity contribution in [3.8, 4) is 12.3 Å². The van der Waals surface area contributed by atoms with Crippen LogP contribution in [0.5, 0.6) is 0 Å². The van der Waals surface area contributed by atoms with Crippen molar-refractivity contribution in [2.75, 3.05) is 45.8 Å². The number of rotatable bonds is 6. The Morgan fingerprint density at radius 2 is 1.86 bits per heavy atom. The van der Waals surface area contributed by atoms with Crippen LogP contribution in [-0.4, -0.2) is 61.5 Å². The van der Waals surface area contributed by atoms with Crippen molar-refractivity contribution in [2.24, 2.45) is 0 Å². The van der Waals surface area contributed by atoms with Crippen LogP contribution in [0.1, 0.15) is 5.56 Å². The molecule has 0 radical (unpaired) electrons. The summed E-state index contributed by atoms with van der Waals surface area (Å²) >= 11 is 0. The van der Waals surface area contributed by atoms with Gasteiger partial charge in [0.1, 0.15) is 0 Å². The Hall–Kier alpha value is -2.09. The Balaban J connectivity index is 1.66. The molecule has 0 atom stereocenters. The molecule has 0 spiro atoms. The summed E-state index contributed by atoms with van der Waals surface area (Å²) in [6.45, 7) is 5.51. The molecule has 1 fully saturated rings. The lowest BCUT2D eigenvalue weighted by Gasteiger charge is -2.33. The Labute approximate surface area is 132 Å². The van der Waals surface area contributed by atoms with E-state index >= 15 is 0 Å². The molecule has 0 aliphatic carbocycles. The van der Waals surface area contributed by atoms with E-state index in [1.807, 2.05) is 18.2 Å². The average Bonchev–Trinajstić information content (AvgIpc) is 2.55. The third kappa shape index (κ3) is 5.72. The summed E-state index contributed by atoms with van der Waals surface area (Å²) in [5.41, 5.74) is 1.23. The zero-order valence-corrected chi connectivity index (χ0v) is 12.9. The molecule has 0 bridgehead atoms. The Bertz CT molecular complexity index is 525. The summed E-state index contributed by atoms with van der Waals surface area (Å²) in [5.74, 6) is 2.42. The molecule has 4 nitrogen and oxygen atoms in total. The van der Waals surface area contributed by atoms with Gasteiger partial charge in [-0.25, -0.2) is 0 Å². The number of carbonyl (C=O) groups excluding carboxylic acids is 1. The highest BCUT2D eigenvalue weighted by Crippen LogP contribution is 2.04. The van der Waals surface area contributed by atoms with E-state index in [1.165, 1.54) is 5.56 Å². The Morgan fingerprint density at radius 3 is 2.55 bits per heavy atom. The van der Waals surface area contributed by atoms with Gasteiger partial charge in [-0.05, 0) is 5.56 Å². The van der Waals surface area contributed by atoms with Gasteiger partial charge in [-0.2, -0.15) is 0 Å². The number of hydrogen-bond donors (Lipinski definition) is 1. The molecule has 1 aromatic rings. The average molecular weight is 297 g/mol. The molecule has 1 aliphatic heterocycles. The maximum Gasteiger partial charge on any atom is 0.234 e. The summed E-state index contributed by atoms with van der Waals surface area (Å²) < 4.78 is 0. The van der Waals surface area contributed by atoms with Crippen LogP contribution in [-0.2, 0) is 4.79 Å². The van der Waals surface area contributed by atoms with Crippen molar-refractivity contribution in [1.29, 1.82) is 0 Å². The molecule has 1 amide bonds. The van der Waals surface area contributed by atoms with Crippen LogP contribution in [0.2, 0.25) is 0 Å². The second kappa shape index (κ2) is 9.04. The molecule has 0 aromatic heterocycles. The van der Waals surface area contributed by atoms with Gasteiger partial charge in [-0.1, -0.05) is 48.4 Å². The summed E-state index contributed by atoms with van der Waals surface area (Å²) in [5, 5.41) is 2.70. The molecular weight excluding hydrogens is 274 g/mol. The fraction of sp³-hybridized carbons (Fsp3) is 0.389. The van der Waals surface area contributed by atoms with E-state index < -0.39 is 0 Å². The van der Waals surface area contributed by atoms with Crippen molar-refractivity contribution >= 4 is 12.0 Å². The first-order chi connectivity index (χ1) is 10.8. The second-order valence-corrected chi connectivity index (χ2v) is 5.37. The van der Waals surface area contributed by atoms with Crippen molar-refractivity contribution in [2.45, 2.75) is 0 Å². The minimum Gasteiger partial charge on any atom is -0.344 e. The molecule has 0 saturated carbocycles. The third-order valence-electron chi connectivity index (χ3n) is 3.69. The topological polar surface area (TPSA) is 35.6 Å². The second-order valence-electron chi connectivity index (χ2n) is 5.37. The predicted octanol–water partition coefficient (Wildman–Crippen LogP) is 1.07. The summed E-state index contributed by atoms with van der Waals surface area (Å²) in [6.07, 6.45) is 9.48. The highest BCUT2D eigenvalue weighted by molar-refractivity contribution is 5.78. The molecule has 4 heteroatoms. The maximum atomic E-state index is 11.6. The molecular formula is C18H23N3O. The lowest BCUT2D eigenvalue weighted by Crippen LogP contribution is -2.49. The van der Waals surface area contributed by atoms with Crippen LogP contribution >= 0.6 is 0 Å². The van der Waals surface area contributed by atoms with E-state index in [-0.39, 0.29) is 5.91 Å². The molecule has 1 aromatic carbocycles. The van der Waals surface area contributed by atoms with Crippen molar-refractivity contribution in [1.82, 2.24) is 15.1 Å². The molecule has 2 rings (SSSR count). The normalized spacial score (nSPS) is 16.5. The molecule has 1 N–H and O–H groups in total. The smallest absolute Gasteiger partial charge is 0.234 e. The SMILES string of the molecule is C#CCNC(=O)CN1CCN(C/C=C/c2ccccc2)CC1. The summed E-state index contributed by atoms with van der Waals surface area (Å²) in [7, 11) is 0. The van der Waals surface area contributed by atoms with E-state index in [2.05, 4.69) is 45.3 Å². The zero-order valence-electron chi connectivity index (χ0n) is 12.9. The number of nitrogens with zero attached hydrogens (tertiary/aromatic N) is 2. The van der Waals surface area contributed by atoms with E-state index in [1.54, 1.807) is 0 Å². The predicted molar refractivity (Wildman–Crippen MR) is 90.2 cm³/mol. The third-order valence-corrected chi connectivity index (χ3v) is 3.69. The van der Waals surface area contributed by atoms with Gasteiger partial charge in [0.15, 0.2) is 0 Å². The van der Waals surface area contributed by atoms with Gasteiger partial charge in [0, 0.05) is 32.7 Å². The van der Waals surface area contributed by atoms with Crippen LogP contribution in [0.3, 0.4) is 0 Å². The Morgan fingerprint density at radius 1 is 1.18 bits per heavy atom. The van der Waals surface area contributed by atoms with Crippen LogP contribution in [0.4, 0.5) is 0 Å². The first kappa shape index (κ1) is 16.3. The van der Waals surface area contributed by atoms with Gasteiger partial charge >= 0.3 is 0 Å². The fourth-order valence-corrected chi connectivity index (χ4v) is 2.44. The molecule has 1 heterocycles. The maximum absolute atomic E-state index is 11.6. The largest absolute Gasteiger partial charge is 0.344 e. The molecule has 1 saturated heterocycles. The van der Waals surface area contributed by atoms with E-state index in [0.29, 0.717) is 13.1 Å². The van der Waals surface area contributed by atoms with Crippen molar-refractivity contribution in [3.63, 3.8) is 0 Å². The standard InChI is InChI=1S/C18H23N3O/c1-2-10-19-18(22)16-21-14-12-20(13-15-21)11-6-9-17-7-4-3-5-8-17/h1,3-9H,10-16H2,(H,19,22)/b9-6+. The highest BCUT2D eigenvalue weighted by Gasteiger charge is 2.17. The Kier molecular flexibility index (Phi) is 6.69. The summed E-state index contributed by atoms with van der Waals surface area (Å²) in [4.78, 5) is 16.2. The van der Waals surface area contributed by atoms with Gasteiger partial charge in [0.25, 0.3) is 0 Å². The highest BCUT2D eigenvalue weighted by atomic mass is 16.2. The van der Waals surface area contributed by atoms with E-state index in [4.69, 9.17) is 6.42 Å². The number of carbonyl (C=O) groups is 1. The van der Waals surface area contributed by atoms with Gasteiger partial charge in [-0.15, -0.1) is 6.42 Å². The minimum absolute atomic E-state index is 0.00961. The number of nitrogens with one attached hydrogen (secondary N) is 1. The molecule has 116 valence electrons. The van der Waals surface area contributed by atoms with Crippen LogP contribution in [0, 0.1) is 12.3 Å². The van der Waals surface area contributed by atoms with Gasteiger partial charge < -0.3 is 5.32 Å². The quantitative estimate of drug-likeness (QED) is 0.798. The number of terminal acetylenes is 1.